The van der Waals surface area contributed by atoms with E-state index in [1.807, 2.05) is 24.3 Å². The van der Waals surface area contributed by atoms with Crippen LogP contribution >= 0.6 is 11.6 Å². The van der Waals surface area contributed by atoms with E-state index in [0.29, 0.717) is 6.61 Å². The molecule has 0 bridgehead atoms. The number of benzene rings is 2. The van der Waals surface area contributed by atoms with Crippen LogP contribution in [0, 0.1) is 0 Å². The lowest BCUT2D eigenvalue weighted by Crippen LogP contribution is -2.46. The van der Waals surface area contributed by atoms with E-state index in [0.717, 1.165) is 56.5 Å². The molecule has 0 unspecified atom stereocenters. The molecule has 0 spiro atoms. The van der Waals surface area contributed by atoms with Crippen molar-refractivity contribution in [2.45, 2.75) is 13.0 Å². The molecule has 1 heterocycles. The van der Waals surface area contributed by atoms with Crippen LogP contribution in [0.25, 0.3) is 0 Å². The Morgan fingerprint density at radius 2 is 1.72 bits per heavy atom. The Labute approximate surface area is 154 Å². The van der Waals surface area contributed by atoms with Crippen LogP contribution in [0.2, 0.25) is 5.02 Å². The molecule has 1 saturated heterocycles. The summed E-state index contributed by atoms with van der Waals surface area (Å²) >= 11 is 6.25. The minimum Gasteiger partial charge on any atom is -0.508 e. The van der Waals surface area contributed by atoms with Crippen molar-refractivity contribution in [2.75, 3.05) is 39.3 Å². The first-order valence-electron chi connectivity index (χ1n) is 8.81. The number of piperazine rings is 1. The highest BCUT2D eigenvalue weighted by atomic mass is 35.5. The molecule has 0 saturated carbocycles. The summed E-state index contributed by atoms with van der Waals surface area (Å²) in [6.45, 7) is 6.93. The number of nitrogens with zero attached hydrogens (tertiary/aromatic N) is 2. The van der Waals surface area contributed by atoms with Gasteiger partial charge in [-0.3, -0.25) is 4.90 Å². The third-order valence-electron chi connectivity index (χ3n) is 4.52. The Morgan fingerprint density at radius 3 is 2.48 bits per heavy atom. The van der Waals surface area contributed by atoms with Gasteiger partial charge in [0.05, 0.1) is 6.61 Å². The Bertz CT molecular complexity index is 672. The number of halogens is 1. The normalized spacial score (nSPS) is 16.0. The fourth-order valence-electron chi connectivity index (χ4n) is 3.09. The zero-order valence-electron chi connectivity index (χ0n) is 14.4. The van der Waals surface area contributed by atoms with Crippen molar-refractivity contribution in [1.29, 1.82) is 0 Å². The Morgan fingerprint density at radius 1 is 0.960 bits per heavy atom. The summed E-state index contributed by atoms with van der Waals surface area (Å²) < 4.78 is 5.68. The summed E-state index contributed by atoms with van der Waals surface area (Å²) in [7, 11) is 0. The molecular weight excluding hydrogens is 336 g/mol. The van der Waals surface area contributed by atoms with E-state index in [1.165, 1.54) is 5.56 Å². The summed E-state index contributed by atoms with van der Waals surface area (Å²) in [5.74, 6) is 0.969. The predicted octanol–water partition coefficient (Wildman–Crippen LogP) is 3.63. The van der Waals surface area contributed by atoms with E-state index in [1.54, 1.807) is 18.2 Å². The van der Waals surface area contributed by atoms with Crippen LogP contribution in [0.5, 0.6) is 11.5 Å². The smallest absolute Gasteiger partial charge is 0.122 e. The Hall–Kier alpha value is -1.75. The summed E-state index contributed by atoms with van der Waals surface area (Å²) in [5.41, 5.74) is 1.21. The maximum Gasteiger partial charge on any atom is 0.122 e. The average Bonchev–Trinajstić information content (AvgIpc) is 2.62. The van der Waals surface area contributed by atoms with Crippen molar-refractivity contribution in [3.05, 3.63) is 59.1 Å². The van der Waals surface area contributed by atoms with Gasteiger partial charge in [0.2, 0.25) is 0 Å². The van der Waals surface area contributed by atoms with Gasteiger partial charge in [0.1, 0.15) is 11.5 Å². The molecule has 1 aliphatic heterocycles. The highest BCUT2D eigenvalue weighted by molar-refractivity contribution is 6.31. The fourth-order valence-corrected chi connectivity index (χ4v) is 3.29. The van der Waals surface area contributed by atoms with Crippen LogP contribution in [0.15, 0.2) is 48.5 Å². The fraction of sp³-hybridized carbons (Fsp3) is 0.400. The van der Waals surface area contributed by atoms with Gasteiger partial charge in [0, 0.05) is 50.4 Å². The molecule has 1 N–H and O–H groups in total. The molecular formula is C20H25ClN2O2. The quantitative estimate of drug-likeness (QED) is 0.765. The number of phenolic OH excluding ortho intramolecular Hbond substituents is 1. The van der Waals surface area contributed by atoms with E-state index in [4.69, 9.17) is 16.3 Å². The van der Waals surface area contributed by atoms with Gasteiger partial charge in [-0.25, -0.2) is 0 Å². The predicted molar refractivity (Wildman–Crippen MR) is 101 cm³/mol. The van der Waals surface area contributed by atoms with Gasteiger partial charge in [0.15, 0.2) is 0 Å². The number of hydrogen-bond acceptors (Lipinski definition) is 4. The second-order valence-electron chi connectivity index (χ2n) is 6.41. The Balaban J connectivity index is 1.33. The number of aromatic hydroxyl groups is 1. The van der Waals surface area contributed by atoms with Gasteiger partial charge in [-0.2, -0.15) is 0 Å². The molecule has 5 heteroatoms. The van der Waals surface area contributed by atoms with Crippen LogP contribution in [-0.2, 0) is 6.54 Å². The van der Waals surface area contributed by atoms with Crippen LogP contribution < -0.4 is 4.74 Å². The third-order valence-corrected chi connectivity index (χ3v) is 4.89. The lowest BCUT2D eigenvalue weighted by Gasteiger charge is -2.34. The molecule has 2 aromatic carbocycles. The standard InChI is InChI=1S/C20H25ClN2O2/c21-20-8-2-1-5-17(20)16-23-12-10-22(11-13-23)9-4-14-25-19-7-3-6-18(24)15-19/h1-3,5-8,15,24H,4,9-14,16H2. The molecule has 0 atom stereocenters. The maximum absolute atomic E-state index is 9.42. The molecule has 0 aromatic heterocycles. The summed E-state index contributed by atoms with van der Waals surface area (Å²) in [5, 5.41) is 10.3. The van der Waals surface area contributed by atoms with Crippen LogP contribution in [0.3, 0.4) is 0 Å². The Kier molecular flexibility index (Phi) is 6.56. The topological polar surface area (TPSA) is 35.9 Å². The van der Waals surface area contributed by atoms with Gasteiger partial charge in [-0.15, -0.1) is 0 Å². The first kappa shape index (κ1) is 18.1. The maximum atomic E-state index is 9.42. The van der Waals surface area contributed by atoms with Gasteiger partial charge in [0.25, 0.3) is 0 Å². The van der Waals surface area contributed by atoms with Gasteiger partial charge in [-0.05, 0) is 30.2 Å². The molecule has 25 heavy (non-hydrogen) atoms. The molecule has 3 rings (SSSR count). The molecule has 1 fully saturated rings. The first-order valence-corrected chi connectivity index (χ1v) is 9.18. The zero-order valence-corrected chi connectivity index (χ0v) is 15.2. The van der Waals surface area contributed by atoms with Crippen molar-refractivity contribution in [1.82, 2.24) is 9.80 Å². The highest BCUT2D eigenvalue weighted by Crippen LogP contribution is 2.19. The largest absolute Gasteiger partial charge is 0.508 e. The number of phenols is 1. The lowest BCUT2D eigenvalue weighted by molar-refractivity contribution is 0.121. The average molecular weight is 361 g/mol. The second-order valence-corrected chi connectivity index (χ2v) is 6.82. The van der Waals surface area contributed by atoms with Gasteiger partial charge in [-0.1, -0.05) is 35.9 Å². The van der Waals surface area contributed by atoms with Gasteiger partial charge < -0.3 is 14.7 Å². The van der Waals surface area contributed by atoms with Crippen molar-refractivity contribution in [3.8, 4) is 11.5 Å². The minimum atomic E-state index is 0.243. The molecule has 0 amide bonds. The minimum absolute atomic E-state index is 0.243. The molecule has 1 aliphatic rings. The van der Waals surface area contributed by atoms with E-state index in [2.05, 4.69) is 15.9 Å². The molecule has 4 nitrogen and oxygen atoms in total. The van der Waals surface area contributed by atoms with E-state index >= 15 is 0 Å². The summed E-state index contributed by atoms with van der Waals surface area (Å²) in [6, 6.07) is 15.0. The molecule has 0 radical (unpaired) electrons. The number of ether oxygens (including phenoxy) is 1. The summed E-state index contributed by atoms with van der Waals surface area (Å²) in [6.07, 6.45) is 0.986. The second kappa shape index (κ2) is 9.09. The van der Waals surface area contributed by atoms with Crippen molar-refractivity contribution < 1.29 is 9.84 Å². The summed E-state index contributed by atoms with van der Waals surface area (Å²) in [4.78, 5) is 4.94. The van der Waals surface area contributed by atoms with Crippen LogP contribution in [-0.4, -0.2) is 54.2 Å². The van der Waals surface area contributed by atoms with Crippen LogP contribution in [0.4, 0.5) is 0 Å². The zero-order chi connectivity index (χ0) is 17.5. The number of rotatable bonds is 7. The van der Waals surface area contributed by atoms with Crippen molar-refractivity contribution in [3.63, 3.8) is 0 Å². The lowest BCUT2D eigenvalue weighted by atomic mass is 10.2. The van der Waals surface area contributed by atoms with Crippen LogP contribution in [0.1, 0.15) is 12.0 Å². The monoisotopic (exact) mass is 360 g/mol. The van der Waals surface area contributed by atoms with E-state index in [-0.39, 0.29) is 5.75 Å². The van der Waals surface area contributed by atoms with E-state index < -0.39 is 0 Å². The third kappa shape index (κ3) is 5.63. The number of hydrogen-bond donors (Lipinski definition) is 1. The first-order chi connectivity index (χ1) is 12.2. The van der Waals surface area contributed by atoms with Crippen molar-refractivity contribution >= 4 is 11.6 Å². The van der Waals surface area contributed by atoms with Gasteiger partial charge >= 0.3 is 0 Å². The SMILES string of the molecule is Oc1cccc(OCCCN2CCN(Cc3ccccc3Cl)CC2)c1. The molecule has 134 valence electrons. The van der Waals surface area contributed by atoms with E-state index in [9.17, 15) is 5.11 Å². The molecule has 0 aliphatic carbocycles. The molecule has 2 aromatic rings. The van der Waals surface area contributed by atoms with Crippen molar-refractivity contribution in [2.24, 2.45) is 0 Å². The highest BCUT2D eigenvalue weighted by Gasteiger charge is 2.17.